The van der Waals surface area contributed by atoms with E-state index in [0.29, 0.717) is 13.0 Å². The van der Waals surface area contributed by atoms with Gasteiger partial charge in [0.25, 0.3) is 0 Å². The average Bonchev–Trinajstić information content (AvgIpc) is 2.65. The van der Waals surface area contributed by atoms with Gasteiger partial charge in [-0.05, 0) is 57.0 Å². The minimum atomic E-state index is 0.0384. The molecule has 1 atom stereocenters. The van der Waals surface area contributed by atoms with Crippen molar-refractivity contribution >= 4 is 17.3 Å². The summed E-state index contributed by atoms with van der Waals surface area (Å²) in [6, 6.07) is 16.7. The molecular formula is C22H31N3O. The van der Waals surface area contributed by atoms with Gasteiger partial charge in [0, 0.05) is 43.5 Å². The van der Waals surface area contributed by atoms with E-state index in [0.717, 1.165) is 24.3 Å². The fourth-order valence-electron chi connectivity index (χ4n) is 3.05. The minimum Gasteiger partial charge on any atom is -0.372 e. The van der Waals surface area contributed by atoms with Crippen molar-refractivity contribution in [1.29, 1.82) is 0 Å². The highest BCUT2D eigenvalue weighted by Crippen LogP contribution is 2.22. The van der Waals surface area contributed by atoms with Crippen molar-refractivity contribution in [1.82, 2.24) is 5.32 Å². The standard InChI is InChI=1S/C22H31N3O/c1-5-25(6-2)20-12-13-21(17(3)16-20)24-22(26)14-15-23-18(4)19-10-8-7-9-11-19/h7-13,16,18,23H,5-6,14-15H2,1-4H3,(H,24,26). The highest BCUT2D eigenvalue weighted by Gasteiger charge is 2.09. The number of benzene rings is 2. The Hall–Kier alpha value is -2.33. The number of hydrogen-bond donors (Lipinski definition) is 2. The number of nitrogens with one attached hydrogen (secondary N) is 2. The Morgan fingerprint density at radius 3 is 2.38 bits per heavy atom. The van der Waals surface area contributed by atoms with Gasteiger partial charge >= 0.3 is 0 Å². The third-order valence-corrected chi connectivity index (χ3v) is 4.71. The number of carbonyl (C=O) groups excluding carboxylic acids is 1. The van der Waals surface area contributed by atoms with Gasteiger partial charge in [-0.3, -0.25) is 4.79 Å². The van der Waals surface area contributed by atoms with Gasteiger partial charge in [0.15, 0.2) is 0 Å². The molecule has 0 saturated heterocycles. The highest BCUT2D eigenvalue weighted by atomic mass is 16.1. The topological polar surface area (TPSA) is 44.4 Å². The molecule has 1 unspecified atom stereocenters. The van der Waals surface area contributed by atoms with Crippen LogP contribution in [0.25, 0.3) is 0 Å². The molecule has 0 bridgehead atoms. The summed E-state index contributed by atoms with van der Waals surface area (Å²) in [6.45, 7) is 11.1. The Morgan fingerprint density at radius 2 is 1.77 bits per heavy atom. The van der Waals surface area contributed by atoms with Gasteiger partial charge in [0.1, 0.15) is 0 Å². The van der Waals surface area contributed by atoms with Crippen molar-refractivity contribution in [3.63, 3.8) is 0 Å². The van der Waals surface area contributed by atoms with E-state index in [1.54, 1.807) is 0 Å². The van der Waals surface area contributed by atoms with Crippen LogP contribution in [0.15, 0.2) is 48.5 Å². The van der Waals surface area contributed by atoms with Crippen LogP contribution in [-0.4, -0.2) is 25.5 Å². The maximum Gasteiger partial charge on any atom is 0.225 e. The summed E-state index contributed by atoms with van der Waals surface area (Å²) >= 11 is 0. The first-order valence-electron chi connectivity index (χ1n) is 9.48. The summed E-state index contributed by atoms with van der Waals surface area (Å²) in [5, 5.41) is 6.43. The molecule has 0 aliphatic carbocycles. The second kappa shape index (κ2) is 9.97. The maximum absolute atomic E-state index is 12.3. The zero-order chi connectivity index (χ0) is 18.9. The molecule has 0 heterocycles. The number of aryl methyl sites for hydroxylation is 1. The lowest BCUT2D eigenvalue weighted by molar-refractivity contribution is -0.116. The van der Waals surface area contributed by atoms with Gasteiger partial charge in [-0.15, -0.1) is 0 Å². The summed E-state index contributed by atoms with van der Waals surface area (Å²) in [5.74, 6) is 0.0384. The summed E-state index contributed by atoms with van der Waals surface area (Å²) in [7, 11) is 0. The number of amides is 1. The van der Waals surface area contributed by atoms with Crippen LogP contribution < -0.4 is 15.5 Å². The Balaban J connectivity index is 1.84. The van der Waals surface area contributed by atoms with Gasteiger partial charge in [0.05, 0.1) is 0 Å². The molecule has 4 nitrogen and oxygen atoms in total. The van der Waals surface area contributed by atoms with E-state index < -0.39 is 0 Å². The Labute approximate surface area is 157 Å². The highest BCUT2D eigenvalue weighted by molar-refractivity contribution is 5.91. The lowest BCUT2D eigenvalue weighted by atomic mass is 10.1. The van der Waals surface area contributed by atoms with E-state index in [1.165, 1.54) is 11.3 Å². The summed E-state index contributed by atoms with van der Waals surface area (Å²) in [4.78, 5) is 14.6. The van der Waals surface area contributed by atoms with Gasteiger partial charge in [-0.25, -0.2) is 0 Å². The molecule has 0 aliphatic heterocycles. The van der Waals surface area contributed by atoms with Crippen LogP contribution in [0.1, 0.15) is 44.4 Å². The Kier molecular flexibility index (Phi) is 7.67. The molecule has 26 heavy (non-hydrogen) atoms. The number of anilines is 2. The SMILES string of the molecule is CCN(CC)c1ccc(NC(=O)CCNC(C)c2ccccc2)c(C)c1. The molecule has 0 aromatic heterocycles. The van der Waals surface area contributed by atoms with Crippen molar-refractivity contribution in [2.75, 3.05) is 29.9 Å². The molecule has 0 radical (unpaired) electrons. The number of hydrogen-bond acceptors (Lipinski definition) is 3. The predicted octanol–water partition coefficient (Wildman–Crippen LogP) is 4.52. The lowest BCUT2D eigenvalue weighted by Gasteiger charge is -2.22. The molecule has 0 aliphatic rings. The summed E-state index contributed by atoms with van der Waals surface area (Å²) < 4.78 is 0. The lowest BCUT2D eigenvalue weighted by Crippen LogP contribution is -2.24. The number of rotatable bonds is 9. The van der Waals surface area contributed by atoms with Crippen molar-refractivity contribution in [3.8, 4) is 0 Å². The average molecular weight is 354 g/mol. The van der Waals surface area contributed by atoms with E-state index in [1.807, 2.05) is 31.2 Å². The normalized spacial score (nSPS) is 11.8. The van der Waals surface area contributed by atoms with Crippen LogP contribution in [0.2, 0.25) is 0 Å². The fourth-order valence-corrected chi connectivity index (χ4v) is 3.05. The first-order valence-corrected chi connectivity index (χ1v) is 9.48. The van der Waals surface area contributed by atoms with E-state index in [9.17, 15) is 4.79 Å². The maximum atomic E-state index is 12.3. The van der Waals surface area contributed by atoms with E-state index in [-0.39, 0.29) is 11.9 Å². The van der Waals surface area contributed by atoms with Crippen LogP contribution in [0, 0.1) is 6.92 Å². The Bertz CT molecular complexity index is 696. The summed E-state index contributed by atoms with van der Waals surface area (Å²) in [6.07, 6.45) is 0.453. The van der Waals surface area contributed by atoms with Crippen molar-refractivity contribution in [2.24, 2.45) is 0 Å². The second-order valence-corrected chi connectivity index (χ2v) is 6.56. The molecule has 2 rings (SSSR count). The number of carbonyl (C=O) groups is 1. The monoisotopic (exact) mass is 353 g/mol. The van der Waals surface area contributed by atoms with Gasteiger partial charge in [0.2, 0.25) is 5.91 Å². The molecule has 2 aromatic carbocycles. The molecule has 4 heteroatoms. The van der Waals surface area contributed by atoms with Crippen LogP contribution in [-0.2, 0) is 4.79 Å². The minimum absolute atomic E-state index is 0.0384. The fraction of sp³-hybridized carbons (Fsp3) is 0.409. The first-order chi connectivity index (χ1) is 12.5. The van der Waals surface area contributed by atoms with Crippen LogP contribution in [0.3, 0.4) is 0 Å². The van der Waals surface area contributed by atoms with E-state index >= 15 is 0 Å². The summed E-state index contributed by atoms with van der Waals surface area (Å²) in [5.41, 5.74) is 4.41. The predicted molar refractivity (Wildman–Crippen MR) is 111 cm³/mol. The molecule has 1 amide bonds. The molecule has 0 fully saturated rings. The third-order valence-electron chi connectivity index (χ3n) is 4.71. The third kappa shape index (κ3) is 5.60. The van der Waals surface area contributed by atoms with Crippen LogP contribution in [0.4, 0.5) is 11.4 Å². The zero-order valence-electron chi connectivity index (χ0n) is 16.4. The zero-order valence-corrected chi connectivity index (χ0v) is 16.4. The quantitative estimate of drug-likeness (QED) is 0.696. The molecule has 2 N–H and O–H groups in total. The smallest absolute Gasteiger partial charge is 0.225 e. The molecule has 2 aromatic rings. The molecule has 140 valence electrons. The van der Waals surface area contributed by atoms with Gasteiger partial charge < -0.3 is 15.5 Å². The van der Waals surface area contributed by atoms with E-state index in [2.05, 4.69) is 60.6 Å². The second-order valence-electron chi connectivity index (χ2n) is 6.56. The van der Waals surface area contributed by atoms with Crippen molar-refractivity contribution in [2.45, 2.75) is 40.2 Å². The van der Waals surface area contributed by atoms with E-state index in [4.69, 9.17) is 0 Å². The first kappa shape index (κ1) is 20.0. The van der Waals surface area contributed by atoms with Crippen molar-refractivity contribution < 1.29 is 4.79 Å². The van der Waals surface area contributed by atoms with Crippen LogP contribution in [0.5, 0.6) is 0 Å². The molecule has 0 saturated carbocycles. The van der Waals surface area contributed by atoms with Crippen molar-refractivity contribution in [3.05, 3.63) is 59.7 Å². The number of nitrogens with zero attached hydrogens (tertiary/aromatic N) is 1. The molecule has 0 spiro atoms. The Morgan fingerprint density at radius 1 is 1.08 bits per heavy atom. The van der Waals surface area contributed by atoms with Gasteiger partial charge in [-0.1, -0.05) is 30.3 Å². The molecular weight excluding hydrogens is 322 g/mol. The van der Waals surface area contributed by atoms with Gasteiger partial charge in [-0.2, -0.15) is 0 Å². The largest absolute Gasteiger partial charge is 0.372 e. The van der Waals surface area contributed by atoms with Crippen LogP contribution >= 0.6 is 0 Å².